The molecule has 1 atom stereocenters. The van der Waals surface area contributed by atoms with Crippen LogP contribution in [0.25, 0.3) is 0 Å². The molecule has 2 rings (SSSR count). The van der Waals surface area contributed by atoms with E-state index in [0.717, 1.165) is 16.2 Å². The molecule has 0 heterocycles. The Bertz CT molecular complexity index is 782. The Morgan fingerprint density at radius 1 is 1.32 bits per heavy atom. The number of nitrogens with one attached hydrogen (secondary N) is 2. The number of likely N-dealkylation sites (N-methyl/N-ethyl adjacent to an activating group) is 1. The second-order valence-electron chi connectivity index (χ2n) is 5.63. The maximum Gasteiger partial charge on any atom is 0.289 e. The lowest BCUT2D eigenvalue weighted by Crippen LogP contribution is -3.08. The highest BCUT2D eigenvalue weighted by Crippen LogP contribution is 2.27. The minimum absolute atomic E-state index is 0.0313. The van der Waals surface area contributed by atoms with Gasteiger partial charge in [-0.2, -0.15) is 0 Å². The molecule has 132 valence electrons. The third-order valence-corrected chi connectivity index (χ3v) is 3.85. The first-order valence-electron chi connectivity index (χ1n) is 7.57. The smallest absolute Gasteiger partial charge is 0.289 e. The first-order valence-corrected chi connectivity index (χ1v) is 7.95. The van der Waals surface area contributed by atoms with Gasteiger partial charge in [0.25, 0.3) is 11.6 Å². The second-order valence-corrected chi connectivity index (χ2v) is 6.04. The Morgan fingerprint density at radius 3 is 2.76 bits per heavy atom. The lowest BCUT2D eigenvalue weighted by atomic mass is 10.2. The summed E-state index contributed by atoms with van der Waals surface area (Å²) in [6, 6.07) is 11.8. The fraction of sp³-hybridized carbons (Fsp3) is 0.235. The van der Waals surface area contributed by atoms with Gasteiger partial charge in [0, 0.05) is 17.3 Å². The van der Waals surface area contributed by atoms with Gasteiger partial charge >= 0.3 is 0 Å². The zero-order chi connectivity index (χ0) is 18.4. The van der Waals surface area contributed by atoms with Crippen molar-refractivity contribution in [3.05, 3.63) is 63.2 Å². The molecular weight excluding hydrogens is 346 g/mol. The highest BCUT2D eigenvalue weighted by molar-refractivity contribution is 6.32. The van der Waals surface area contributed by atoms with E-state index in [2.05, 4.69) is 5.32 Å². The standard InChI is InChI=1S/C17H18ClN3O4/c1-20(10-12-4-3-5-14(8-12)25-2)11-17(22)19-13-6-7-15(18)16(9-13)21(23)24/h3-9H,10-11H2,1-2H3,(H,19,22)/p+1. The van der Waals surface area contributed by atoms with Gasteiger partial charge in [0.2, 0.25) is 0 Å². The Balaban J connectivity index is 1.95. The molecule has 0 fully saturated rings. The Hall–Kier alpha value is -2.64. The number of nitro groups is 1. The molecular formula is C17H19ClN3O4+. The third kappa shape index (κ3) is 5.44. The zero-order valence-corrected chi connectivity index (χ0v) is 14.7. The van der Waals surface area contributed by atoms with Crippen LogP contribution in [0.5, 0.6) is 5.75 Å². The molecule has 25 heavy (non-hydrogen) atoms. The third-order valence-electron chi connectivity index (χ3n) is 3.53. The van der Waals surface area contributed by atoms with Gasteiger partial charge in [0.15, 0.2) is 6.54 Å². The van der Waals surface area contributed by atoms with Crippen molar-refractivity contribution in [2.45, 2.75) is 6.54 Å². The highest BCUT2D eigenvalue weighted by Gasteiger charge is 2.16. The van der Waals surface area contributed by atoms with Crippen molar-refractivity contribution in [1.29, 1.82) is 0 Å². The number of rotatable bonds is 7. The average molecular weight is 365 g/mol. The molecule has 0 aliphatic rings. The minimum atomic E-state index is -0.585. The van der Waals surface area contributed by atoms with Gasteiger partial charge in [-0.25, -0.2) is 0 Å². The van der Waals surface area contributed by atoms with E-state index in [-0.39, 0.29) is 23.2 Å². The molecule has 0 radical (unpaired) electrons. The summed E-state index contributed by atoms with van der Waals surface area (Å²) in [5.74, 6) is 0.528. The van der Waals surface area contributed by atoms with Crippen molar-refractivity contribution in [2.24, 2.45) is 0 Å². The molecule has 2 N–H and O–H groups in total. The molecule has 0 saturated carbocycles. The first kappa shape index (κ1) is 18.7. The van der Waals surface area contributed by atoms with E-state index in [9.17, 15) is 14.9 Å². The van der Waals surface area contributed by atoms with Crippen LogP contribution in [0.1, 0.15) is 5.56 Å². The van der Waals surface area contributed by atoms with Crippen molar-refractivity contribution in [3.8, 4) is 5.75 Å². The largest absolute Gasteiger partial charge is 0.497 e. The number of hydrogen-bond acceptors (Lipinski definition) is 4. The number of carbonyl (C=O) groups is 1. The number of benzene rings is 2. The summed E-state index contributed by atoms with van der Waals surface area (Å²) < 4.78 is 5.18. The molecule has 0 bridgehead atoms. The van der Waals surface area contributed by atoms with Crippen molar-refractivity contribution in [3.63, 3.8) is 0 Å². The summed E-state index contributed by atoms with van der Waals surface area (Å²) in [6.07, 6.45) is 0. The van der Waals surface area contributed by atoms with Gasteiger partial charge in [-0.1, -0.05) is 23.7 Å². The minimum Gasteiger partial charge on any atom is -0.497 e. The summed E-state index contributed by atoms with van der Waals surface area (Å²) in [5.41, 5.74) is 1.15. The van der Waals surface area contributed by atoms with E-state index >= 15 is 0 Å². The maximum absolute atomic E-state index is 12.1. The maximum atomic E-state index is 12.1. The number of anilines is 1. The van der Waals surface area contributed by atoms with Gasteiger partial charge in [0.1, 0.15) is 17.3 Å². The summed E-state index contributed by atoms with van der Waals surface area (Å²) in [7, 11) is 3.50. The van der Waals surface area contributed by atoms with Crippen molar-refractivity contribution in [1.82, 2.24) is 0 Å². The van der Waals surface area contributed by atoms with E-state index in [1.165, 1.54) is 18.2 Å². The van der Waals surface area contributed by atoms with Crippen molar-refractivity contribution >= 4 is 28.9 Å². The molecule has 0 saturated heterocycles. The van der Waals surface area contributed by atoms with Crippen molar-refractivity contribution < 1.29 is 19.4 Å². The Labute approximate surface area is 150 Å². The molecule has 0 aliphatic heterocycles. The quantitative estimate of drug-likeness (QED) is 0.580. The number of ether oxygens (including phenoxy) is 1. The lowest BCUT2D eigenvalue weighted by Gasteiger charge is -2.14. The topological polar surface area (TPSA) is 85.9 Å². The normalized spacial score (nSPS) is 11.6. The number of amides is 1. The fourth-order valence-electron chi connectivity index (χ4n) is 2.40. The summed E-state index contributed by atoms with van der Waals surface area (Å²) >= 11 is 5.76. The molecule has 8 heteroatoms. The molecule has 0 aliphatic carbocycles. The summed E-state index contributed by atoms with van der Waals surface area (Å²) in [5, 5.41) is 13.6. The molecule has 0 aromatic heterocycles. The SMILES string of the molecule is COc1cccc(C[NH+](C)CC(=O)Nc2ccc(Cl)c([N+](=O)[O-])c2)c1. The Kier molecular flexibility index (Phi) is 6.32. The average Bonchev–Trinajstić information content (AvgIpc) is 2.56. The van der Waals surface area contributed by atoms with E-state index in [4.69, 9.17) is 16.3 Å². The predicted molar refractivity (Wildman–Crippen MR) is 95.2 cm³/mol. The van der Waals surface area contributed by atoms with Crippen LogP contribution in [0.4, 0.5) is 11.4 Å². The highest BCUT2D eigenvalue weighted by atomic mass is 35.5. The number of nitro benzene ring substituents is 1. The van der Waals surface area contributed by atoms with Crippen LogP contribution in [0.2, 0.25) is 5.02 Å². The van der Waals surface area contributed by atoms with Gasteiger partial charge in [-0.3, -0.25) is 14.9 Å². The van der Waals surface area contributed by atoms with Crippen LogP contribution >= 0.6 is 11.6 Å². The van der Waals surface area contributed by atoms with E-state index < -0.39 is 4.92 Å². The van der Waals surface area contributed by atoms with E-state index in [1.807, 2.05) is 31.3 Å². The van der Waals surface area contributed by atoms with Gasteiger partial charge in [-0.05, 0) is 24.3 Å². The van der Waals surface area contributed by atoms with Crippen LogP contribution in [-0.4, -0.2) is 31.5 Å². The van der Waals surface area contributed by atoms with Crippen LogP contribution < -0.4 is 15.0 Å². The number of quaternary nitrogens is 1. The molecule has 0 spiro atoms. The van der Waals surface area contributed by atoms with Gasteiger partial charge in [-0.15, -0.1) is 0 Å². The molecule has 2 aromatic carbocycles. The predicted octanol–water partition coefficient (Wildman–Crippen LogP) is 1.91. The number of hydrogen-bond donors (Lipinski definition) is 2. The van der Waals surface area contributed by atoms with Crippen LogP contribution in [0, 0.1) is 10.1 Å². The van der Waals surface area contributed by atoms with E-state index in [1.54, 1.807) is 7.11 Å². The number of halogens is 1. The monoisotopic (exact) mass is 364 g/mol. The summed E-state index contributed by atoms with van der Waals surface area (Å²) in [4.78, 5) is 23.4. The van der Waals surface area contributed by atoms with Crippen LogP contribution in [0.15, 0.2) is 42.5 Å². The summed E-state index contributed by atoms with van der Waals surface area (Å²) in [6.45, 7) is 0.860. The van der Waals surface area contributed by atoms with Crippen LogP contribution in [0.3, 0.4) is 0 Å². The lowest BCUT2D eigenvalue weighted by molar-refractivity contribution is -0.885. The fourth-order valence-corrected chi connectivity index (χ4v) is 2.59. The van der Waals surface area contributed by atoms with Crippen molar-refractivity contribution in [2.75, 3.05) is 26.0 Å². The zero-order valence-electron chi connectivity index (χ0n) is 13.9. The number of methoxy groups -OCH3 is 1. The first-order chi connectivity index (χ1) is 11.9. The molecule has 2 aromatic rings. The van der Waals surface area contributed by atoms with Gasteiger partial charge < -0.3 is 15.0 Å². The second kappa shape index (κ2) is 8.46. The molecule has 1 amide bonds. The Morgan fingerprint density at radius 2 is 2.08 bits per heavy atom. The van der Waals surface area contributed by atoms with E-state index in [0.29, 0.717) is 12.2 Å². The number of carbonyl (C=O) groups excluding carboxylic acids is 1. The molecule has 1 unspecified atom stereocenters. The molecule has 7 nitrogen and oxygen atoms in total. The van der Waals surface area contributed by atoms with Crippen LogP contribution in [-0.2, 0) is 11.3 Å². The van der Waals surface area contributed by atoms with Gasteiger partial charge in [0.05, 0.1) is 19.1 Å². The number of nitrogens with zero attached hydrogens (tertiary/aromatic N) is 1.